The van der Waals surface area contributed by atoms with Gasteiger partial charge in [-0.25, -0.2) is 8.78 Å². The molecule has 0 aliphatic carbocycles. The van der Waals surface area contributed by atoms with Gasteiger partial charge >= 0.3 is 5.97 Å². The molecule has 0 saturated carbocycles. The Kier molecular flexibility index (Phi) is 5.37. The molecule has 0 saturated heterocycles. The fourth-order valence-corrected chi connectivity index (χ4v) is 3.46. The second kappa shape index (κ2) is 7.70. The van der Waals surface area contributed by atoms with Crippen molar-refractivity contribution in [3.05, 3.63) is 59.9 Å². The minimum atomic E-state index is -1.01. The quantitative estimate of drug-likeness (QED) is 0.603. The van der Waals surface area contributed by atoms with Crippen LogP contribution in [0.25, 0.3) is 22.4 Å². The van der Waals surface area contributed by atoms with E-state index in [4.69, 9.17) is 9.63 Å². The lowest BCUT2D eigenvalue weighted by Gasteiger charge is -2.08. The van der Waals surface area contributed by atoms with Crippen molar-refractivity contribution in [2.75, 3.05) is 5.75 Å². The van der Waals surface area contributed by atoms with Crippen molar-refractivity contribution < 1.29 is 23.2 Å². The first-order chi connectivity index (χ1) is 12.5. The zero-order chi connectivity index (χ0) is 18.7. The molecule has 26 heavy (non-hydrogen) atoms. The summed E-state index contributed by atoms with van der Waals surface area (Å²) in [7, 11) is 0. The van der Waals surface area contributed by atoms with Crippen LogP contribution in [-0.2, 0) is 4.79 Å². The van der Waals surface area contributed by atoms with Gasteiger partial charge in [0.25, 0.3) is 0 Å². The molecule has 7 heteroatoms. The van der Waals surface area contributed by atoms with Gasteiger partial charge in [0.1, 0.15) is 23.1 Å². The first kappa shape index (κ1) is 18.1. The van der Waals surface area contributed by atoms with Crippen molar-refractivity contribution >= 4 is 17.7 Å². The normalized spacial score (nSPS) is 10.9. The van der Waals surface area contributed by atoms with Crippen molar-refractivity contribution in [2.45, 2.75) is 18.2 Å². The summed E-state index contributed by atoms with van der Waals surface area (Å²) in [6, 6.07) is 11.7. The molecule has 2 aromatic carbocycles. The Morgan fingerprint density at radius 2 is 1.81 bits per heavy atom. The van der Waals surface area contributed by atoms with Gasteiger partial charge in [0, 0.05) is 11.3 Å². The number of nitrogens with zero attached hydrogens (tertiary/aromatic N) is 1. The van der Waals surface area contributed by atoms with E-state index in [0.29, 0.717) is 22.6 Å². The molecule has 4 nitrogen and oxygen atoms in total. The van der Waals surface area contributed by atoms with E-state index in [-0.39, 0.29) is 17.1 Å². The number of carbonyl (C=O) groups is 1. The molecule has 0 atom stereocenters. The Labute approximate surface area is 152 Å². The average Bonchev–Trinajstić information content (AvgIpc) is 2.99. The molecule has 134 valence electrons. The van der Waals surface area contributed by atoms with E-state index in [1.54, 1.807) is 6.92 Å². The fourth-order valence-electron chi connectivity index (χ4n) is 2.59. The number of aryl methyl sites for hydroxylation is 1. The molecule has 3 rings (SSSR count). The third-order valence-electron chi connectivity index (χ3n) is 3.76. The zero-order valence-electron chi connectivity index (χ0n) is 13.8. The second-order valence-corrected chi connectivity index (χ2v) is 6.69. The highest BCUT2D eigenvalue weighted by Gasteiger charge is 2.20. The highest BCUT2D eigenvalue weighted by atomic mass is 32.2. The third-order valence-corrected chi connectivity index (χ3v) is 4.85. The lowest BCUT2D eigenvalue weighted by molar-refractivity contribution is -0.136. The smallest absolute Gasteiger partial charge is 0.304 e. The van der Waals surface area contributed by atoms with Crippen LogP contribution >= 0.6 is 11.8 Å². The third kappa shape index (κ3) is 3.77. The molecule has 1 aromatic heterocycles. The molecular formula is C19H15F2NO3S. The van der Waals surface area contributed by atoms with Gasteiger partial charge in [-0.1, -0.05) is 35.5 Å². The number of hydrogen-bond acceptors (Lipinski definition) is 4. The van der Waals surface area contributed by atoms with E-state index in [2.05, 4.69) is 5.16 Å². The number of halogens is 2. The maximum atomic E-state index is 14.4. The number of thioether (sulfide) groups is 1. The summed E-state index contributed by atoms with van der Waals surface area (Å²) in [5, 5.41) is 12.7. The Balaban J connectivity index is 1.99. The molecule has 0 unspecified atom stereocenters. The fraction of sp³-hybridized carbons (Fsp3) is 0.158. The summed E-state index contributed by atoms with van der Waals surface area (Å²) in [4.78, 5) is 10.4. The molecule has 3 aromatic rings. The topological polar surface area (TPSA) is 63.3 Å². The van der Waals surface area contributed by atoms with Crippen molar-refractivity contribution in [1.29, 1.82) is 0 Å². The lowest BCUT2D eigenvalue weighted by Crippen LogP contribution is -1.98. The standard InChI is InChI=1S/C19H15F2NO3S/c1-11-17(18(22-25-11)12-5-3-2-4-6-12)13-9-14(20)19(15(21)10-13)26-8-7-16(23)24/h2-6,9-10H,7-8H2,1H3,(H,23,24). The molecule has 0 bridgehead atoms. The molecule has 0 aliphatic rings. The van der Waals surface area contributed by atoms with E-state index < -0.39 is 17.6 Å². The minimum Gasteiger partial charge on any atom is -0.481 e. The summed E-state index contributed by atoms with van der Waals surface area (Å²) in [6.07, 6.45) is -0.172. The van der Waals surface area contributed by atoms with Crippen LogP contribution < -0.4 is 0 Å². The van der Waals surface area contributed by atoms with Gasteiger partial charge in [-0.05, 0) is 24.6 Å². The van der Waals surface area contributed by atoms with E-state index in [9.17, 15) is 13.6 Å². The van der Waals surface area contributed by atoms with Crippen molar-refractivity contribution in [3.63, 3.8) is 0 Å². The van der Waals surface area contributed by atoms with E-state index >= 15 is 0 Å². The first-order valence-corrected chi connectivity index (χ1v) is 8.81. The maximum Gasteiger partial charge on any atom is 0.304 e. The monoisotopic (exact) mass is 375 g/mol. The van der Waals surface area contributed by atoms with Crippen LogP contribution in [0.4, 0.5) is 8.78 Å². The molecule has 0 fully saturated rings. The van der Waals surface area contributed by atoms with E-state index in [1.807, 2.05) is 30.3 Å². The average molecular weight is 375 g/mol. The SMILES string of the molecule is Cc1onc(-c2ccccc2)c1-c1cc(F)c(SCCC(=O)O)c(F)c1. The Hall–Kier alpha value is -2.67. The van der Waals surface area contributed by atoms with Crippen LogP contribution in [0, 0.1) is 18.6 Å². The molecule has 0 spiro atoms. The Bertz CT molecular complexity index is 918. The molecular weight excluding hydrogens is 360 g/mol. The predicted octanol–water partition coefficient (Wildman–Crippen LogP) is 5.16. The number of carboxylic acids is 1. The number of hydrogen-bond donors (Lipinski definition) is 1. The summed E-state index contributed by atoms with van der Waals surface area (Å²) in [5.41, 5.74) is 2.13. The van der Waals surface area contributed by atoms with Crippen LogP contribution in [0.3, 0.4) is 0 Å². The minimum absolute atomic E-state index is 0.0874. The van der Waals surface area contributed by atoms with Crippen molar-refractivity contribution in [2.24, 2.45) is 0 Å². The van der Waals surface area contributed by atoms with Gasteiger partial charge in [0.2, 0.25) is 0 Å². The Morgan fingerprint density at radius 3 is 2.42 bits per heavy atom. The van der Waals surface area contributed by atoms with Gasteiger partial charge in [0.15, 0.2) is 0 Å². The predicted molar refractivity (Wildman–Crippen MR) is 95.0 cm³/mol. The molecule has 0 aliphatic heterocycles. The van der Waals surface area contributed by atoms with Gasteiger partial charge < -0.3 is 9.63 Å². The van der Waals surface area contributed by atoms with Crippen LogP contribution in [0.2, 0.25) is 0 Å². The maximum absolute atomic E-state index is 14.4. The number of carboxylic acid groups (broad SMARTS) is 1. The van der Waals surface area contributed by atoms with E-state index in [0.717, 1.165) is 17.3 Å². The van der Waals surface area contributed by atoms with Crippen molar-refractivity contribution in [3.8, 4) is 22.4 Å². The van der Waals surface area contributed by atoms with Gasteiger partial charge in [-0.3, -0.25) is 4.79 Å². The largest absolute Gasteiger partial charge is 0.481 e. The molecule has 1 heterocycles. The van der Waals surface area contributed by atoms with Gasteiger partial charge in [-0.15, -0.1) is 11.8 Å². The molecule has 0 amide bonds. The highest BCUT2D eigenvalue weighted by Crippen LogP contribution is 2.37. The van der Waals surface area contributed by atoms with Crippen LogP contribution in [0.5, 0.6) is 0 Å². The van der Waals surface area contributed by atoms with Crippen LogP contribution in [0.15, 0.2) is 51.9 Å². The number of rotatable bonds is 6. The summed E-state index contributed by atoms with van der Waals surface area (Å²) in [5.74, 6) is -1.95. The van der Waals surface area contributed by atoms with E-state index in [1.165, 1.54) is 12.1 Å². The molecule has 0 radical (unpaired) electrons. The van der Waals surface area contributed by atoms with Crippen LogP contribution in [0.1, 0.15) is 12.2 Å². The summed E-state index contributed by atoms with van der Waals surface area (Å²) < 4.78 is 34.1. The number of aliphatic carboxylic acids is 1. The molecule has 1 N–H and O–H groups in total. The summed E-state index contributed by atoms with van der Waals surface area (Å²) in [6.45, 7) is 1.68. The summed E-state index contributed by atoms with van der Waals surface area (Å²) >= 11 is 0.843. The van der Waals surface area contributed by atoms with Gasteiger partial charge in [-0.2, -0.15) is 0 Å². The number of aromatic nitrogens is 1. The first-order valence-electron chi connectivity index (χ1n) is 7.83. The zero-order valence-corrected chi connectivity index (χ0v) is 14.6. The Morgan fingerprint density at radius 1 is 1.15 bits per heavy atom. The highest BCUT2D eigenvalue weighted by molar-refractivity contribution is 7.99. The van der Waals surface area contributed by atoms with Gasteiger partial charge in [0.05, 0.1) is 16.9 Å². The van der Waals surface area contributed by atoms with Crippen LogP contribution in [-0.4, -0.2) is 22.0 Å². The second-order valence-electron chi connectivity index (χ2n) is 5.59. The number of benzene rings is 2. The van der Waals surface area contributed by atoms with Crippen molar-refractivity contribution in [1.82, 2.24) is 5.16 Å². The lowest BCUT2D eigenvalue weighted by atomic mass is 9.99.